The molecule has 0 saturated carbocycles. The van der Waals surface area contributed by atoms with Crippen molar-refractivity contribution < 1.29 is 9.53 Å². The van der Waals surface area contributed by atoms with Gasteiger partial charge in [-0.15, -0.1) is 0 Å². The standard InChI is InChI=1S/C13H13ClN2O2/c1-7(2)18-11-6-9-8(3-4-16-12(9)14)5-10(11)13(15)17/h3-7H,1-2H3,(H2,15,17). The molecule has 1 heterocycles. The van der Waals surface area contributed by atoms with Crippen LogP contribution in [-0.2, 0) is 0 Å². The van der Waals surface area contributed by atoms with Gasteiger partial charge in [0.05, 0.1) is 11.7 Å². The molecule has 0 saturated heterocycles. The maximum Gasteiger partial charge on any atom is 0.252 e. The molecule has 2 aromatic rings. The van der Waals surface area contributed by atoms with Crippen LogP contribution in [0.5, 0.6) is 5.75 Å². The fourth-order valence-electron chi connectivity index (χ4n) is 1.71. The monoisotopic (exact) mass is 264 g/mol. The van der Waals surface area contributed by atoms with Crippen molar-refractivity contribution in [1.29, 1.82) is 0 Å². The van der Waals surface area contributed by atoms with E-state index in [1.807, 2.05) is 13.8 Å². The topological polar surface area (TPSA) is 65.2 Å². The van der Waals surface area contributed by atoms with E-state index in [-0.39, 0.29) is 6.10 Å². The zero-order chi connectivity index (χ0) is 13.3. The van der Waals surface area contributed by atoms with E-state index in [9.17, 15) is 4.79 Å². The van der Waals surface area contributed by atoms with Crippen LogP contribution in [0.2, 0.25) is 5.15 Å². The molecule has 1 aromatic heterocycles. The zero-order valence-electron chi connectivity index (χ0n) is 10.1. The van der Waals surface area contributed by atoms with E-state index in [0.29, 0.717) is 16.5 Å². The van der Waals surface area contributed by atoms with Crippen LogP contribution in [0.15, 0.2) is 24.4 Å². The Kier molecular flexibility index (Phi) is 3.39. The molecule has 0 atom stereocenters. The molecule has 0 aliphatic rings. The number of fused-ring (bicyclic) bond motifs is 1. The van der Waals surface area contributed by atoms with Crippen molar-refractivity contribution in [3.8, 4) is 5.75 Å². The van der Waals surface area contributed by atoms with E-state index in [0.717, 1.165) is 10.8 Å². The molecule has 0 spiro atoms. The number of aromatic nitrogens is 1. The number of amides is 1. The highest BCUT2D eigenvalue weighted by Crippen LogP contribution is 2.29. The van der Waals surface area contributed by atoms with Gasteiger partial charge in [0.2, 0.25) is 0 Å². The summed E-state index contributed by atoms with van der Waals surface area (Å²) in [7, 11) is 0. The summed E-state index contributed by atoms with van der Waals surface area (Å²) in [6, 6.07) is 5.14. The minimum atomic E-state index is -0.527. The van der Waals surface area contributed by atoms with Crippen molar-refractivity contribution in [3.63, 3.8) is 0 Å². The molecule has 2 rings (SSSR count). The van der Waals surface area contributed by atoms with Gasteiger partial charge in [0.25, 0.3) is 5.91 Å². The number of nitrogens with zero attached hydrogens (tertiary/aromatic N) is 1. The highest BCUT2D eigenvalue weighted by atomic mass is 35.5. The van der Waals surface area contributed by atoms with Gasteiger partial charge in [0, 0.05) is 11.6 Å². The Bertz CT molecular complexity index is 611. The first kappa shape index (κ1) is 12.6. The van der Waals surface area contributed by atoms with Gasteiger partial charge in [-0.2, -0.15) is 0 Å². The molecule has 0 fully saturated rings. The third-order valence-corrected chi connectivity index (χ3v) is 2.75. The van der Waals surface area contributed by atoms with Gasteiger partial charge in [-0.05, 0) is 37.4 Å². The lowest BCUT2D eigenvalue weighted by Gasteiger charge is -2.14. The largest absolute Gasteiger partial charge is 0.490 e. The summed E-state index contributed by atoms with van der Waals surface area (Å²) in [5, 5.41) is 1.91. The Morgan fingerprint density at radius 1 is 1.44 bits per heavy atom. The summed E-state index contributed by atoms with van der Waals surface area (Å²) in [5.41, 5.74) is 5.70. The minimum absolute atomic E-state index is 0.0593. The molecule has 0 aliphatic carbocycles. The lowest BCUT2D eigenvalue weighted by atomic mass is 10.1. The Balaban J connectivity index is 2.69. The van der Waals surface area contributed by atoms with Gasteiger partial charge in [0.15, 0.2) is 0 Å². The third-order valence-electron chi connectivity index (χ3n) is 2.44. The summed E-state index contributed by atoms with van der Waals surface area (Å²) in [5.74, 6) is -0.0969. The molecule has 0 radical (unpaired) electrons. The van der Waals surface area contributed by atoms with E-state index in [1.165, 1.54) is 0 Å². The molecule has 0 aliphatic heterocycles. The van der Waals surface area contributed by atoms with Crippen molar-refractivity contribution in [2.75, 3.05) is 0 Å². The van der Waals surface area contributed by atoms with Gasteiger partial charge in [-0.3, -0.25) is 4.79 Å². The number of pyridine rings is 1. The lowest BCUT2D eigenvalue weighted by molar-refractivity contribution is 0.0995. The average molecular weight is 265 g/mol. The average Bonchev–Trinajstić information content (AvgIpc) is 2.28. The second-order valence-corrected chi connectivity index (χ2v) is 4.56. The summed E-state index contributed by atoms with van der Waals surface area (Å²) in [6.45, 7) is 3.75. The Morgan fingerprint density at radius 3 is 2.78 bits per heavy atom. The van der Waals surface area contributed by atoms with E-state index in [1.54, 1.807) is 24.4 Å². The van der Waals surface area contributed by atoms with Gasteiger partial charge in [-0.1, -0.05) is 11.6 Å². The summed E-state index contributed by atoms with van der Waals surface area (Å²) in [4.78, 5) is 15.4. The molecule has 1 amide bonds. The molecule has 2 N–H and O–H groups in total. The van der Waals surface area contributed by atoms with E-state index < -0.39 is 5.91 Å². The summed E-state index contributed by atoms with van der Waals surface area (Å²) >= 11 is 6.01. The van der Waals surface area contributed by atoms with E-state index >= 15 is 0 Å². The van der Waals surface area contributed by atoms with Crippen LogP contribution in [0.3, 0.4) is 0 Å². The van der Waals surface area contributed by atoms with E-state index in [4.69, 9.17) is 22.1 Å². The second kappa shape index (κ2) is 4.82. The Hall–Kier alpha value is -1.81. The SMILES string of the molecule is CC(C)Oc1cc2c(Cl)nccc2cc1C(N)=O. The quantitative estimate of drug-likeness (QED) is 0.867. The molecule has 1 aromatic carbocycles. The van der Waals surface area contributed by atoms with Crippen molar-refractivity contribution in [2.24, 2.45) is 5.73 Å². The smallest absolute Gasteiger partial charge is 0.252 e. The van der Waals surface area contributed by atoms with Crippen molar-refractivity contribution in [1.82, 2.24) is 4.98 Å². The number of halogens is 1. The Labute approximate surface area is 110 Å². The van der Waals surface area contributed by atoms with Crippen LogP contribution in [0, 0.1) is 0 Å². The normalized spacial score (nSPS) is 10.9. The number of hydrogen-bond donors (Lipinski definition) is 1. The Morgan fingerprint density at radius 2 is 2.17 bits per heavy atom. The number of benzene rings is 1. The summed E-state index contributed by atoms with van der Waals surface area (Å²) < 4.78 is 5.58. The van der Waals surface area contributed by atoms with Gasteiger partial charge < -0.3 is 10.5 Å². The molecular weight excluding hydrogens is 252 g/mol. The molecule has 18 heavy (non-hydrogen) atoms. The van der Waals surface area contributed by atoms with Crippen molar-refractivity contribution >= 4 is 28.3 Å². The number of carbonyl (C=O) groups excluding carboxylic acids is 1. The third kappa shape index (κ3) is 2.38. The molecule has 5 heteroatoms. The molecular formula is C13H13ClN2O2. The minimum Gasteiger partial charge on any atom is -0.490 e. The maximum absolute atomic E-state index is 11.4. The van der Waals surface area contributed by atoms with Gasteiger partial charge in [-0.25, -0.2) is 4.98 Å². The fraction of sp³-hybridized carbons (Fsp3) is 0.231. The van der Waals surface area contributed by atoms with Crippen LogP contribution in [-0.4, -0.2) is 17.0 Å². The molecule has 94 valence electrons. The molecule has 4 nitrogen and oxygen atoms in total. The number of hydrogen-bond acceptors (Lipinski definition) is 3. The number of nitrogens with two attached hydrogens (primary N) is 1. The van der Waals surface area contributed by atoms with Crippen molar-refractivity contribution in [3.05, 3.63) is 35.1 Å². The van der Waals surface area contributed by atoms with Gasteiger partial charge in [0.1, 0.15) is 10.9 Å². The van der Waals surface area contributed by atoms with Gasteiger partial charge >= 0.3 is 0 Å². The highest BCUT2D eigenvalue weighted by Gasteiger charge is 2.14. The fourth-order valence-corrected chi connectivity index (χ4v) is 1.93. The zero-order valence-corrected chi connectivity index (χ0v) is 10.9. The number of ether oxygens (including phenoxy) is 1. The van der Waals surface area contributed by atoms with E-state index in [2.05, 4.69) is 4.98 Å². The first-order valence-corrected chi connectivity index (χ1v) is 5.91. The highest BCUT2D eigenvalue weighted by molar-refractivity contribution is 6.34. The van der Waals surface area contributed by atoms with Crippen LogP contribution in [0.1, 0.15) is 24.2 Å². The van der Waals surface area contributed by atoms with Crippen LogP contribution in [0.4, 0.5) is 0 Å². The number of primary amides is 1. The van der Waals surface area contributed by atoms with Crippen LogP contribution < -0.4 is 10.5 Å². The first-order chi connectivity index (χ1) is 8.49. The molecule has 0 bridgehead atoms. The van der Waals surface area contributed by atoms with Crippen LogP contribution in [0.25, 0.3) is 10.8 Å². The predicted octanol–water partition coefficient (Wildman–Crippen LogP) is 2.77. The van der Waals surface area contributed by atoms with Crippen LogP contribution >= 0.6 is 11.6 Å². The number of carbonyl (C=O) groups is 1. The summed E-state index contributed by atoms with van der Waals surface area (Å²) in [6.07, 6.45) is 1.52. The maximum atomic E-state index is 11.4. The van der Waals surface area contributed by atoms with Crippen molar-refractivity contribution in [2.45, 2.75) is 20.0 Å². The lowest BCUT2D eigenvalue weighted by Crippen LogP contribution is -2.15. The predicted molar refractivity (Wildman–Crippen MR) is 71.0 cm³/mol. The molecule has 0 unspecified atom stereocenters. The second-order valence-electron chi connectivity index (χ2n) is 4.20. The first-order valence-electron chi connectivity index (χ1n) is 5.53. The number of rotatable bonds is 3.